The first-order valence-corrected chi connectivity index (χ1v) is 7.96. The third kappa shape index (κ3) is 4.45. The van der Waals surface area contributed by atoms with Crippen LogP contribution in [0.4, 0.5) is 23.2 Å². The number of carbonyl (C=O) groups excluding carboxylic acids is 1. The quantitative estimate of drug-likeness (QED) is 0.453. The number of benzene rings is 2. The van der Waals surface area contributed by atoms with Gasteiger partial charge in [0, 0.05) is 5.69 Å². The molecular formula is C17H14F4N2O3S. The number of anilines is 1. The first-order valence-electron chi connectivity index (χ1n) is 7.55. The molecule has 27 heavy (non-hydrogen) atoms. The molecule has 0 aromatic heterocycles. The fourth-order valence-corrected chi connectivity index (χ4v) is 2.33. The molecule has 1 amide bonds. The lowest BCUT2D eigenvalue weighted by Crippen LogP contribution is -2.35. The number of rotatable bonds is 5. The SMILES string of the molecule is CCOc1ccc(NC(=S)NC(=O)c2c(F)c(F)c(OC)c(F)c2F)cc1. The van der Waals surface area contributed by atoms with Gasteiger partial charge in [0.25, 0.3) is 5.91 Å². The van der Waals surface area contributed by atoms with E-state index in [9.17, 15) is 22.4 Å². The Morgan fingerprint density at radius 1 is 1.04 bits per heavy atom. The molecule has 0 unspecified atom stereocenters. The number of thiocarbonyl (C=S) groups is 1. The Kier molecular flexibility index (Phi) is 6.56. The molecule has 2 rings (SSSR count). The van der Waals surface area contributed by atoms with E-state index in [1.807, 2.05) is 12.2 Å². The summed E-state index contributed by atoms with van der Waals surface area (Å²) in [4.78, 5) is 12.0. The maximum absolute atomic E-state index is 13.9. The standard InChI is InChI=1S/C17H14F4N2O3S/c1-3-26-9-6-4-8(5-7-9)22-17(27)23-16(24)10-11(18)13(20)15(25-2)14(21)12(10)19/h4-7H,3H2,1-2H3,(H2,22,23,24,27). The van der Waals surface area contributed by atoms with Crippen LogP contribution in [0, 0.1) is 23.3 Å². The van der Waals surface area contributed by atoms with E-state index in [4.69, 9.17) is 17.0 Å². The van der Waals surface area contributed by atoms with Crippen LogP contribution in [0.1, 0.15) is 17.3 Å². The predicted molar refractivity (Wildman–Crippen MR) is 94.1 cm³/mol. The Bertz CT molecular complexity index is 846. The molecule has 5 nitrogen and oxygen atoms in total. The van der Waals surface area contributed by atoms with E-state index < -0.39 is 40.5 Å². The fourth-order valence-electron chi connectivity index (χ4n) is 2.12. The van der Waals surface area contributed by atoms with Gasteiger partial charge in [-0.3, -0.25) is 10.1 Å². The van der Waals surface area contributed by atoms with E-state index in [1.54, 1.807) is 24.3 Å². The molecule has 0 aliphatic carbocycles. The average Bonchev–Trinajstić information content (AvgIpc) is 2.62. The van der Waals surface area contributed by atoms with Gasteiger partial charge in [-0.1, -0.05) is 0 Å². The van der Waals surface area contributed by atoms with Crippen LogP contribution < -0.4 is 20.1 Å². The maximum Gasteiger partial charge on any atom is 0.263 e. The molecular weight excluding hydrogens is 388 g/mol. The lowest BCUT2D eigenvalue weighted by atomic mass is 10.1. The van der Waals surface area contributed by atoms with Crippen molar-refractivity contribution in [1.82, 2.24) is 5.32 Å². The largest absolute Gasteiger partial charge is 0.494 e. The summed E-state index contributed by atoms with van der Waals surface area (Å²) < 4.78 is 64.8. The lowest BCUT2D eigenvalue weighted by Gasteiger charge is -2.13. The number of methoxy groups -OCH3 is 1. The smallest absolute Gasteiger partial charge is 0.263 e. The number of halogens is 4. The highest BCUT2D eigenvalue weighted by atomic mass is 32.1. The second-order valence-electron chi connectivity index (χ2n) is 5.03. The van der Waals surface area contributed by atoms with E-state index >= 15 is 0 Å². The van der Waals surface area contributed by atoms with Gasteiger partial charge in [0.15, 0.2) is 22.5 Å². The number of hydrogen-bond donors (Lipinski definition) is 2. The predicted octanol–water partition coefficient (Wildman–Crippen LogP) is 3.78. The van der Waals surface area contributed by atoms with Crippen molar-refractivity contribution in [1.29, 1.82) is 0 Å². The number of ether oxygens (including phenoxy) is 2. The van der Waals surface area contributed by atoms with Crippen molar-refractivity contribution >= 4 is 28.9 Å². The molecule has 0 radical (unpaired) electrons. The number of carbonyl (C=O) groups is 1. The minimum atomic E-state index is -1.90. The number of nitrogens with one attached hydrogen (secondary N) is 2. The molecule has 0 aliphatic heterocycles. The Morgan fingerprint density at radius 2 is 1.59 bits per heavy atom. The molecule has 2 N–H and O–H groups in total. The van der Waals surface area contributed by atoms with Gasteiger partial charge in [-0.05, 0) is 43.4 Å². The van der Waals surface area contributed by atoms with Crippen molar-refractivity contribution in [2.24, 2.45) is 0 Å². The monoisotopic (exact) mass is 402 g/mol. The highest BCUT2D eigenvalue weighted by Crippen LogP contribution is 2.29. The van der Waals surface area contributed by atoms with Crippen LogP contribution in [-0.2, 0) is 0 Å². The highest BCUT2D eigenvalue weighted by Gasteiger charge is 2.30. The van der Waals surface area contributed by atoms with Crippen molar-refractivity contribution in [2.75, 3.05) is 19.0 Å². The molecule has 0 heterocycles. The zero-order valence-corrected chi connectivity index (χ0v) is 15.0. The molecule has 0 fully saturated rings. The number of hydrogen-bond acceptors (Lipinski definition) is 4. The summed E-state index contributed by atoms with van der Waals surface area (Å²) in [5.41, 5.74) is -1.02. The highest BCUT2D eigenvalue weighted by molar-refractivity contribution is 7.80. The third-order valence-electron chi connectivity index (χ3n) is 3.30. The summed E-state index contributed by atoms with van der Waals surface area (Å²) in [6.45, 7) is 2.30. The topological polar surface area (TPSA) is 59.6 Å². The molecule has 2 aromatic rings. The van der Waals surface area contributed by atoms with Gasteiger partial charge in [0.1, 0.15) is 11.3 Å². The average molecular weight is 402 g/mol. The molecule has 0 saturated carbocycles. The van der Waals surface area contributed by atoms with E-state index in [0.717, 1.165) is 7.11 Å². The van der Waals surface area contributed by atoms with E-state index in [-0.39, 0.29) is 5.11 Å². The van der Waals surface area contributed by atoms with Crippen LogP contribution >= 0.6 is 12.2 Å². The summed E-state index contributed by atoms with van der Waals surface area (Å²) in [6, 6.07) is 6.42. The van der Waals surface area contributed by atoms with Crippen molar-refractivity contribution in [3.63, 3.8) is 0 Å². The summed E-state index contributed by atoms with van der Waals surface area (Å²) in [6.07, 6.45) is 0. The van der Waals surface area contributed by atoms with Crippen LogP contribution in [0.25, 0.3) is 0 Å². The zero-order valence-electron chi connectivity index (χ0n) is 14.2. The van der Waals surface area contributed by atoms with Crippen molar-refractivity contribution < 1.29 is 31.8 Å². The first kappa shape index (κ1) is 20.4. The van der Waals surface area contributed by atoms with Gasteiger partial charge in [-0.2, -0.15) is 8.78 Å². The molecule has 0 aliphatic rings. The molecule has 0 atom stereocenters. The van der Waals surface area contributed by atoms with Gasteiger partial charge >= 0.3 is 0 Å². The van der Waals surface area contributed by atoms with Crippen LogP contribution in [0.2, 0.25) is 0 Å². The summed E-state index contributed by atoms with van der Waals surface area (Å²) in [5.74, 6) is -9.57. The van der Waals surface area contributed by atoms with Crippen LogP contribution in [0.15, 0.2) is 24.3 Å². The fraction of sp³-hybridized carbons (Fsp3) is 0.176. The van der Waals surface area contributed by atoms with E-state index in [0.29, 0.717) is 18.0 Å². The van der Waals surface area contributed by atoms with E-state index in [2.05, 4.69) is 10.1 Å². The third-order valence-corrected chi connectivity index (χ3v) is 3.51. The Hall–Kier alpha value is -2.88. The summed E-state index contributed by atoms with van der Waals surface area (Å²) >= 11 is 4.87. The van der Waals surface area contributed by atoms with Crippen LogP contribution in [-0.4, -0.2) is 24.7 Å². The Balaban J connectivity index is 2.16. The molecule has 2 aromatic carbocycles. The zero-order chi connectivity index (χ0) is 20.1. The molecule has 0 spiro atoms. The first-order chi connectivity index (χ1) is 12.8. The summed E-state index contributed by atoms with van der Waals surface area (Å²) in [5, 5.41) is 4.21. The van der Waals surface area contributed by atoms with Gasteiger partial charge in [-0.15, -0.1) is 0 Å². The van der Waals surface area contributed by atoms with Crippen molar-refractivity contribution in [3.8, 4) is 11.5 Å². The molecule has 0 bridgehead atoms. The van der Waals surface area contributed by atoms with Gasteiger partial charge in [0.05, 0.1) is 13.7 Å². The van der Waals surface area contributed by atoms with Gasteiger partial charge in [0.2, 0.25) is 11.6 Å². The number of amides is 1. The minimum Gasteiger partial charge on any atom is -0.494 e. The molecule has 144 valence electrons. The second-order valence-corrected chi connectivity index (χ2v) is 5.44. The lowest BCUT2D eigenvalue weighted by molar-refractivity contribution is 0.0966. The minimum absolute atomic E-state index is 0.334. The van der Waals surface area contributed by atoms with Crippen LogP contribution in [0.3, 0.4) is 0 Å². The van der Waals surface area contributed by atoms with E-state index in [1.165, 1.54) is 0 Å². The normalized spacial score (nSPS) is 10.3. The maximum atomic E-state index is 13.9. The van der Waals surface area contributed by atoms with Gasteiger partial charge in [-0.25, -0.2) is 8.78 Å². The molecule has 0 saturated heterocycles. The Morgan fingerprint density at radius 3 is 2.07 bits per heavy atom. The second kappa shape index (κ2) is 8.67. The van der Waals surface area contributed by atoms with Crippen molar-refractivity contribution in [2.45, 2.75) is 6.92 Å². The molecule has 10 heteroatoms. The van der Waals surface area contributed by atoms with Crippen molar-refractivity contribution in [3.05, 3.63) is 53.1 Å². The Labute approximate surface area is 157 Å². The summed E-state index contributed by atoms with van der Waals surface area (Å²) in [7, 11) is 0.829. The van der Waals surface area contributed by atoms with Gasteiger partial charge < -0.3 is 14.8 Å². The van der Waals surface area contributed by atoms with Crippen LogP contribution in [0.5, 0.6) is 11.5 Å².